The minimum absolute atomic E-state index is 0.499. The first kappa shape index (κ1) is 12.5. The van der Waals surface area contributed by atoms with Crippen LogP contribution in [0.25, 0.3) is 11.1 Å². The molecule has 0 fully saturated rings. The van der Waals surface area contributed by atoms with Gasteiger partial charge in [0.2, 0.25) is 0 Å². The number of hydrogen-bond donors (Lipinski definition) is 0. The highest BCUT2D eigenvalue weighted by Gasteiger charge is 2.34. The van der Waals surface area contributed by atoms with Gasteiger partial charge in [-0.3, -0.25) is 0 Å². The third-order valence-electron chi connectivity index (χ3n) is 2.46. The molecule has 0 heterocycles. The van der Waals surface area contributed by atoms with Crippen LogP contribution in [0.5, 0.6) is 0 Å². The van der Waals surface area contributed by atoms with Gasteiger partial charge in [-0.15, -0.1) is 0 Å². The van der Waals surface area contributed by atoms with E-state index in [2.05, 4.69) is 0 Å². The number of alkyl halides is 3. The summed E-state index contributed by atoms with van der Waals surface area (Å²) in [4.78, 5) is 0. The van der Waals surface area contributed by atoms with Gasteiger partial charge in [0.15, 0.2) is 0 Å². The van der Waals surface area contributed by atoms with Crippen molar-refractivity contribution in [1.82, 2.24) is 0 Å². The Kier molecular flexibility index (Phi) is 3.07. The SMILES string of the molecule is Fc1cccc(F)c1-c1ccccc1C(F)(F)F. The number of hydrogen-bond acceptors (Lipinski definition) is 0. The summed E-state index contributed by atoms with van der Waals surface area (Å²) in [5.74, 6) is -2.04. The molecule has 2 aromatic rings. The molecular weight excluding hydrogens is 251 g/mol. The minimum atomic E-state index is -4.66. The summed E-state index contributed by atoms with van der Waals surface area (Å²) >= 11 is 0. The molecule has 0 saturated heterocycles. The average molecular weight is 258 g/mol. The van der Waals surface area contributed by atoms with Crippen LogP contribution in [0.2, 0.25) is 0 Å². The zero-order chi connectivity index (χ0) is 13.3. The van der Waals surface area contributed by atoms with Crippen LogP contribution in [0.15, 0.2) is 42.5 Å². The van der Waals surface area contributed by atoms with Gasteiger partial charge < -0.3 is 0 Å². The summed E-state index contributed by atoms with van der Waals surface area (Å²) in [5, 5.41) is 0. The highest BCUT2D eigenvalue weighted by molar-refractivity contribution is 5.69. The van der Waals surface area contributed by atoms with Crippen LogP contribution in [0.4, 0.5) is 22.0 Å². The van der Waals surface area contributed by atoms with Crippen LogP contribution >= 0.6 is 0 Å². The fourth-order valence-electron chi connectivity index (χ4n) is 1.70. The molecule has 0 unspecified atom stereocenters. The van der Waals surface area contributed by atoms with E-state index in [1.807, 2.05) is 0 Å². The van der Waals surface area contributed by atoms with Crippen LogP contribution in [0.3, 0.4) is 0 Å². The summed E-state index contributed by atoms with van der Waals surface area (Å²) in [6.07, 6.45) is -4.66. The van der Waals surface area contributed by atoms with Crippen molar-refractivity contribution in [3.8, 4) is 11.1 Å². The maximum atomic E-state index is 13.5. The third kappa shape index (κ3) is 2.20. The molecule has 0 aliphatic heterocycles. The first-order valence-electron chi connectivity index (χ1n) is 5.02. The molecule has 18 heavy (non-hydrogen) atoms. The van der Waals surface area contributed by atoms with E-state index in [1.54, 1.807) is 0 Å². The van der Waals surface area contributed by atoms with Gasteiger partial charge in [-0.2, -0.15) is 13.2 Å². The maximum Gasteiger partial charge on any atom is 0.417 e. The molecule has 94 valence electrons. The molecule has 0 spiro atoms. The summed E-state index contributed by atoms with van der Waals surface area (Å²) < 4.78 is 65.3. The van der Waals surface area contributed by atoms with E-state index in [-0.39, 0.29) is 0 Å². The van der Waals surface area contributed by atoms with E-state index in [0.717, 1.165) is 30.3 Å². The Balaban J connectivity index is 2.73. The maximum absolute atomic E-state index is 13.5. The van der Waals surface area contributed by atoms with Gasteiger partial charge in [-0.05, 0) is 23.8 Å². The molecule has 0 amide bonds. The largest absolute Gasteiger partial charge is 0.417 e. The summed E-state index contributed by atoms with van der Waals surface area (Å²) in [6, 6.07) is 7.26. The molecule has 0 aromatic heterocycles. The Bertz CT molecular complexity index is 552. The van der Waals surface area contributed by atoms with Crippen molar-refractivity contribution >= 4 is 0 Å². The zero-order valence-corrected chi connectivity index (χ0v) is 8.93. The lowest BCUT2D eigenvalue weighted by Crippen LogP contribution is -2.08. The van der Waals surface area contributed by atoms with E-state index < -0.39 is 34.5 Å². The minimum Gasteiger partial charge on any atom is -0.206 e. The fourth-order valence-corrected chi connectivity index (χ4v) is 1.70. The predicted molar refractivity (Wildman–Crippen MR) is 56.8 cm³/mol. The molecule has 0 bridgehead atoms. The Labute approximate surface area is 99.7 Å². The predicted octanol–water partition coefficient (Wildman–Crippen LogP) is 4.65. The third-order valence-corrected chi connectivity index (χ3v) is 2.46. The van der Waals surface area contributed by atoms with Gasteiger partial charge in [0.1, 0.15) is 11.6 Å². The van der Waals surface area contributed by atoms with E-state index >= 15 is 0 Å². The molecular formula is C13H7F5. The van der Waals surface area contributed by atoms with Crippen molar-refractivity contribution in [2.75, 3.05) is 0 Å². The highest BCUT2D eigenvalue weighted by Crippen LogP contribution is 2.38. The molecule has 2 rings (SSSR count). The van der Waals surface area contributed by atoms with Crippen LogP contribution < -0.4 is 0 Å². The van der Waals surface area contributed by atoms with Crippen molar-refractivity contribution in [3.05, 3.63) is 59.7 Å². The summed E-state index contributed by atoms with van der Waals surface area (Å²) in [6.45, 7) is 0. The van der Waals surface area contributed by atoms with E-state index in [9.17, 15) is 22.0 Å². The highest BCUT2D eigenvalue weighted by atomic mass is 19.4. The summed E-state index contributed by atoms with van der Waals surface area (Å²) in [5.41, 5.74) is -2.22. The van der Waals surface area contributed by atoms with Gasteiger partial charge >= 0.3 is 6.18 Å². The lowest BCUT2D eigenvalue weighted by atomic mass is 9.98. The summed E-state index contributed by atoms with van der Waals surface area (Å²) in [7, 11) is 0. The van der Waals surface area contributed by atoms with E-state index in [1.165, 1.54) is 12.1 Å². The topological polar surface area (TPSA) is 0 Å². The van der Waals surface area contributed by atoms with Gasteiger partial charge in [0.05, 0.1) is 11.1 Å². The molecule has 0 saturated carbocycles. The quantitative estimate of drug-likeness (QED) is 0.653. The fraction of sp³-hybridized carbons (Fsp3) is 0.0769. The van der Waals surface area contributed by atoms with Crippen molar-refractivity contribution in [1.29, 1.82) is 0 Å². The normalized spacial score (nSPS) is 11.6. The average Bonchev–Trinajstić information content (AvgIpc) is 2.28. The smallest absolute Gasteiger partial charge is 0.206 e. The molecule has 0 aliphatic carbocycles. The molecule has 5 heteroatoms. The van der Waals surface area contributed by atoms with Crippen molar-refractivity contribution < 1.29 is 22.0 Å². The van der Waals surface area contributed by atoms with Crippen molar-refractivity contribution in [3.63, 3.8) is 0 Å². The zero-order valence-electron chi connectivity index (χ0n) is 8.93. The van der Waals surface area contributed by atoms with Gasteiger partial charge in [-0.25, -0.2) is 8.78 Å². The number of rotatable bonds is 1. The lowest BCUT2D eigenvalue weighted by molar-refractivity contribution is -0.137. The van der Waals surface area contributed by atoms with E-state index in [4.69, 9.17) is 0 Å². The second kappa shape index (κ2) is 4.40. The van der Waals surface area contributed by atoms with E-state index in [0.29, 0.717) is 0 Å². The standard InChI is InChI=1S/C13H7F5/c14-10-6-3-7-11(15)12(10)8-4-1-2-5-9(8)13(16,17)18/h1-7H. The first-order chi connectivity index (χ1) is 8.41. The van der Waals surface area contributed by atoms with Gasteiger partial charge in [-0.1, -0.05) is 24.3 Å². The first-order valence-corrected chi connectivity index (χ1v) is 5.02. The molecule has 0 nitrogen and oxygen atoms in total. The molecule has 0 aliphatic rings. The Morgan fingerprint density at radius 2 is 1.28 bits per heavy atom. The monoisotopic (exact) mass is 258 g/mol. The van der Waals surface area contributed by atoms with Gasteiger partial charge in [0, 0.05) is 0 Å². The van der Waals surface area contributed by atoms with Crippen molar-refractivity contribution in [2.45, 2.75) is 6.18 Å². The van der Waals surface area contributed by atoms with Crippen LogP contribution in [0.1, 0.15) is 5.56 Å². The lowest BCUT2D eigenvalue weighted by Gasteiger charge is -2.13. The Morgan fingerprint density at radius 3 is 1.83 bits per heavy atom. The molecule has 0 N–H and O–H groups in total. The van der Waals surface area contributed by atoms with Crippen LogP contribution in [-0.4, -0.2) is 0 Å². The second-order valence-electron chi connectivity index (χ2n) is 3.64. The van der Waals surface area contributed by atoms with Gasteiger partial charge in [0.25, 0.3) is 0 Å². The number of halogens is 5. The Hall–Kier alpha value is -1.91. The molecule has 0 radical (unpaired) electrons. The second-order valence-corrected chi connectivity index (χ2v) is 3.64. The number of benzene rings is 2. The van der Waals surface area contributed by atoms with Crippen molar-refractivity contribution in [2.24, 2.45) is 0 Å². The van der Waals surface area contributed by atoms with Crippen LogP contribution in [0, 0.1) is 11.6 Å². The molecule has 2 aromatic carbocycles. The molecule has 0 atom stereocenters. The van der Waals surface area contributed by atoms with Crippen LogP contribution in [-0.2, 0) is 6.18 Å². The Morgan fingerprint density at radius 1 is 0.722 bits per heavy atom.